The first-order chi connectivity index (χ1) is 20.1. The van der Waals surface area contributed by atoms with Crippen molar-refractivity contribution >= 4 is 29.5 Å². The van der Waals surface area contributed by atoms with Gasteiger partial charge in [-0.1, -0.05) is 46.8 Å². The van der Waals surface area contributed by atoms with Crippen molar-refractivity contribution in [1.29, 1.82) is 0 Å². The Morgan fingerprint density at radius 1 is 0.977 bits per heavy atom. The molecule has 4 unspecified atom stereocenters. The largest absolute Gasteiger partial charge is 0.467 e. The number of hydrogen-bond acceptors (Lipinski definition) is 5. The van der Waals surface area contributed by atoms with E-state index in [9.17, 15) is 14.4 Å². The molecule has 7 heteroatoms. The number of esters is 1. The van der Waals surface area contributed by atoms with Crippen molar-refractivity contribution in [1.82, 2.24) is 10.6 Å². The number of carbonyl (C=O) groups excluding carboxylic acids is 3. The number of rotatable bonds is 7. The molecule has 0 aromatic heterocycles. The predicted octanol–water partition coefficient (Wildman–Crippen LogP) is 7.56. The van der Waals surface area contributed by atoms with Crippen LogP contribution in [-0.2, 0) is 14.3 Å². The van der Waals surface area contributed by atoms with Crippen LogP contribution in [0.3, 0.4) is 0 Å². The highest BCUT2D eigenvalue weighted by molar-refractivity contribution is 7.98. The first-order valence-corrected chi connectivity index (χ1v) is 18.3. The summed E-state index contributed by atoms with van der Waals surface area (Å²) in [5, 5.41) is 6.52. The van der Waals surface area contributed by atoms with Gasteiger partial charge in [0.2, 0.25) is 0 Å². The lowest BCUT2D eigenvalue weighted by molar-refractivity contribution is -0.228. The average Bonchev–Trinajstić information content (AvgIpc) is 3.32. The quantitative estimate of drug-likeness (QED) is 0.228. The molecule has 5 rings (SSSR count). The van der Waals surface area contributed by atoms with Gasteiger partial charge < -0.3 is 15.4 Å². The Hall–Kier alpha value is -1.50. The first-order valence-electron chi connectivity index (χ1n) is 17.0. The molecule has 5 saturated carbocycles. The van der Waals surface area contributed by atoms with E-state index in [1.165, 1.54) is 31.9 Å². The number of allylic oxidation sites excluding steroid dienone is 1. The summed E-state index contributed by atoms with van der Waals surface area (Å²) in [7, 11) is 1.39. The summed E-state index contributed by atoms with van der Waals surface area (Å²) < 4.78 is 5.02. The summed E-state index contributed by atoms with van der Waals surface area (Å²) in [6, 6.07) is -0.883. The molecule has 43 heavy (non-hydrogen) atoms. The molecule has 0 heterocycles. The summed E-state index contributed by atoms with van der Waals surface area (Å²) in [5.74, 6) is 3.14. The lowest BCUT2D eigenvalue weighted by Gasteiger charge is -2.72. The number of thioether (sulfide) groups is 1. The van der Waals surface area contributed by atoms with E-state index in [-0.39, 0.29) is 39.2 Å². The van der Waals surface area contributed by atoms with Crippen LogP contribution in [0.15, 0.2) is 12.2 Å². The third-order valence-corrected chi connectivity index (χ3v) is 15.2. The molecule has 5 aliphatic rings. The topological polar surface area (TPSA) is 84.5 Å². The van der Waals surface area contributed by atoms with E-state index in [0.717, 1.165) is 50.7 Å². The van der Waals surface area contributed by atoms with Crippen LogP contribution in [0, 0.1) is 51.2 Å². The van der Waals surface area contributed by atoms with E-state index in [0.29, 0.717) is 41.8 Å². The minimum absolute atomic E-state index is 0.159. The third kappa shape index (κ3) is 4.92. The second kappa shape index (κ2) is 11.4. The molecule has 6 nitrogen and oxygen atoms in total. The summed E-state index contributed by atoms with van der Waals surface area (Å²) in [6.07, 6.45) is 13.1. The minimum atomic E-state index is -0.642. The fraction of sp³-hybridized carbons (Fsp3) is 0.861. The number of methoxy groups -OCH3 is 1. The zero-order valence-corrected chi connectivity index (χ0v) is 29.0. The molecule has 2 N–H and O–H groups in total. The number of ether oxygens (including phenoxy) is 1. The fourth-order valence-electron chi connectivity index (χ4n) is 12.2. The van der Waals surface area contributed by atoms with Crippen molar-refractivity contribution in [2.24, 2.45) is 51.2 Å². The Balaban J connectivity index is 1.45. The molecule has 10 atom stereocenters. The minimum Gasteiger partial charge on any atom is -0.467 e. The summed E-state index contributed by atoms with van der Waals surface area (Å²) >= 11 is 1.66. The van der Waals surface area contributed by atoms with Gasteiger partial charge in [-0.25, -0.2) is 9.59 Å². The Morgan fingerprint density at radius 2 is 1.70 bits per heavy atom. The summed E-state index contributed by atoms with van der Waals surface area (Å²) in [5.41, 5.74) is 1.26. The Bertz CT molecular complexity index is 1150. The van der Waals surface area contributed by atoms with Crippen molar-refractivity contribution in [2.75, 3.05) is 19.1 Å². The SMILES string of the molecule is C=C(C)[C@@H]1CCC2(NC(=O)N[C@H](CCSC)C(=O)OC)CC[C@@]3(C)C(CC[C@@H]4[C@@]5(C)CCC(=O)C(C)(C)C5CC[C@]43C)C12. The highest BCUT2D eigenvalue weighted by Gasteiger charge is 2.71. The highest BCUT2D eigenvalue weighted by Crippen LogP contribution is 2.76. The summed E-state index contributed by atoms with van der Waals surface area (Å²) in [4.78, 5) is 39.2. The predicted molar refractivity (Wildman–Crippen MR) is 175 cm³/mol. The molecule has 0 bridgehead atoms. The first kappa shape index (κ1) is 32.9. The van der Waals surface area contributed by atoms with Gasteiger partial charge in [-0.3, -0.25) is 4.79 Å². The lowest BCUT2D eigenvalue weighted by atomic mass is 9.32. The number of amides is 2. The summed E-state index contributed by atoms with van der Waals surface area (Å²) in [6.45, 7) is 18.9. The van der Waals surface area contributed by atoms with Crippen LogP contribution >= 0.6 is 11.8 Å². The van der Waals surface area contributed by atoms with Gasteiger partial charge in [0.15, 0.2) is 0 Å². The van der Waals surface area contributed by atoms with E-state index >= 15 is 0 Å². The average molecular weight is 615 g/mol. The van der Waals surface area contributed by atoms with Gasteiger partial charge in [0.1, 0.15) is 11.8 Å². The monoisotopic (exact) mass is 614 g/mol. The molecule has 0 aromatic carbocycles. The Kier molecular flexibility index (Phi) is 8.71. The molecule has 5 aliphatic carbocycles. The number of ketones is 1. The van der Waals surface area contributed by atoms with Gasteiger partial charge in [-0.05, 0) is 129 Å². The van der Waals surface area contributed by atoms with E-state index in [4.69, 9.17) is 4.74 Å². The number of urea groups is 1. The van der Waals surface area contributed by atoms with Crippen molar-refractivity contribution in [2.45, 2.75) is 124 Å². The van der Waals surface area contributed by atoms with Gasteiger partial charge in [0.05, 0.1) is 7.11 Å². The number of carbonyl (C=O) groups is 3. The van der Waals surface area contributed by atoms with Gasteiger partial charge in [-0.2, -0.15) is 11.8 Å². The van der Waals surface area contributed by atoms with E-state index < -0.39 is 6.04 Å². The second-order valence-electron chi connectivity index (χ2n) is 16.4. The van der Waals surface area contributed by atoms with E-state index in [2.05, 4.69) is 58.8 Å². The van der Waals surface area contributed by atoms with Crippen molar-refractivity contribution in [3.8, 4) is 0 Å². The number of nitrogens with one attached hydrogen (secondary N) is 2. The van der Waals surface area contributed by atoms with Crippen LogP contribution in [0.1, 0.15) is 112 Å². The molecule has 0 spiro atoms. The van der Waals surface area contributed by atoms with Crippen LogP contribution in [0.4, 0.5) is 4.79 Å². The molecule has 5 fully saturated rings. The molecule has 2 amide bonds. The van der Waals surface area contributed by atoms with Crippen molar-refractivity contribution < 1.29 is 19.1 Å². The van der Waals surface area contributed by atoms with Crippen LogP contribution in [0.25, 0.3) is 0 Å². The van der Waals surface area contributed by atoms with Crippen molar-refractivity contribution in [3.05, 3.63) is 12.2 Å². The maximum atomic E-state index is 13.7. The molecule has 0 aliphatic heterocycles. The maximum absolute atomic E-state index is 13.7. The van der Waals surface area contributed by atoms with E-state index in [1.807, 2.05) is 6.26 Å². The molecular weight excluding hydrogens is 556 g/mol. The molecule has 0 radical (unpaired) electrons. The number of hydrogen-bond donors (Lipinski definition) is 2. The highest BCUT2D eigenvalue weighted by atomic mass is 32.2. The van der Waals surface area contributed by atoms with Crippen LogP contribution < -0.4 is 10.6 Å². The van der Waals surface area contributed by atoms with Gasteiger partial charge in [0, 0.05) is 17.4 Å². The lowest BCUT2D eigenvalue weighted by Crippen LogP contribution is -2.69. The molecule has 242 valence electrons. The third-order valence-electron chi connectivity index (χ3n) is 14.6. The molecule has 0 saturated heterocycles. The maximum Gasteiger partial charge on any atom is 0.328 e. The Labute approximate surface area is 265 Å². The van der Waals surface area contributed by atoms with Gasteiger partial charge >= 0.3 is 12.0 Å². The zero-order chi connectivity index (χ0) is 31.6. The van der Waals surface area contributed by atoms with Crippen LogP contribution in [-0.4, -0.2) is 48.5 Å². The second-order valence-corrected chi connectivity index (χ2v) is 17.4. The Morgan fingerprint density at radius 3 is 2.35 bits per heavy atom. The molecule has 0 aromatic rings. The number of fused-ring (bicyclic) bond motifs is 7. The zero-order valence-electron chi connectivity index (χ0n) is 28.2. The fourth-order valence-corrected chi connectivity index (χ4v) is 12.7. The van der Waals surface area contributed by atoms with Gasteiger partial charge in [-0.15, -0.1) is 0 Å². The van der Waals surface area contributed by atoms with Gasteiger partial charge in [0.25, 0.3) is 0 Å². The number of Topliss-reactive ketones (excluding diaryl/α,β-unsaturated/α-hetero) is 1. The van der Waals surface area contributed by atoms with Crippen LogP contribution in [0.5, 0.6) is 0 Å². The smallest absolute Gasteiger partial charge is 0.328 e. The van der Waals surface area contributed by atoms with E-state index in [1.54, 1.807) is 11.8 Å². The van der Waals surface area contributed by atoms with Crippen molar-refractivity contribution in [3.63, 3.8) is 0 Å². The molecular formula is C36H58N2O4S. The standard InChI is InChI=1S/C36H58N2O4S/c1-22(2)23-12-18-36(38-31(41)37-25(15-21-43-9)30(40)42-8)20-19-34(6)24(29(23)36)10-11-27-33(5)16-14-28(39)32(3,4)26(33)13-17-35(27,34)7/h23-27,29H,1,10-21H2,2-9H3,(H2,37,38,41)/t23-,24?,25+,26?,27+,29?,33-,34-,35+,36?/m0/s1. The van der Waals surface area contributed by atoms with Crippen LogP contribution in [0.2, 0.25) is 0 Å². The normalized spacial score (nSPS) is 43.7.